The van der Waals surface area contributed by atoms with Gasteiger partial charge >= 0.3 is 0 Å². The maximum Gasteiger partial charge on any atom is 0.259 e. The van der Waals surface area contributed by atoms with Crippen molar-refractivity contribution in [3.05, 3.63) is 23.8 Å². The molecule has 0 N–H and O–H groups in total. The number of amides is 2. The van der Waals surface area contributed by atoms with E-state index >= 15 is 0 Å². The summed E-state index contributed by atoms with van der Waals surface area (Å²) >= 11 is 0. The van der Waals surface area contributed by atoms with Gasteiger partial charge in [-0.25, -0.2) is 0 Å². The Morgan fingerprint density at radius 1 is 1.41 bits per heavy atom. The second-order valence-corrected chi connectivity index (χ2v) is 10.4. The fourth-order valence-corrected chi connectivity index (χ4v) is 7.55. The molecule has 3 atom stereocenters. The first-order valence-electron chi connectivity index (χ1n) is 9.55. The minimum atomic E-state index is -1.09. The first-order chi connectivity index (χ1) is 13.9. The van der Waals surface area contributed by atoms with Gasteiger partial charge in [0.05, 0.1) is 23.3 Å². The summed E-state index contributed by atoms with van der Waals surface area (Å²) in [7, 11) is 4.57. The molecule has 3 aliphatic heterocycles. The van der Waals surface area contributed by atoms with Crippen LogP contribution in [0.5, 0.6) is 11.5 Å². The Labute approximate surface area is 178 Å². The van der Waals surface area contributed by atoms with Gasteiger partial charge < -0.3 is 19.3 Å². The molecule has 2 fully saturated rings. The standard InChI is InChI=1S/C20H23N3O4S2/c1-4-7-22(3)18(25)20-10-19(2,11-21)17(23(20)16(24)9-28-29-20)13-5-6-14-15(8-13)27-12-26-14/h5-6,8,17H,4,7,9-10,12H2,1-3H3/t17-,19+,20-/m0/s1. The van der Waals surface area contributed by atoms with Gasteiger partial charge in [0, 0.05) is 20.0 Å². The molecule has 3 heterocycles. The number of nitriles is 1. The fraction of sp³-hybridized carbons (Fsp3) is 0.550. The molecule has 154 valence electrons. The molecule has 1 aromatic rings. The fourth-order valence-electron chi connectivity index (χ4n) is 4.49. The molecule has 0 radical (unpaired) electrons. The molecule has 4 rings (SSSR count). The van der Waals surface area contributed by atoms with Gasteiger partial charge in [0.15, 0.2) is 16.4 Å². The number of benzene rings is 1. The lowest BCUT2D eigenvalue weighted by Crippen LogP contribution is -2.57. The number of carbonyl (C=O) groups is 2. The maximum atomic E-state index is 13.5. The van der Waals surface area contributed by atoms with Crippen molar-refractivity contribution < 1.29 is 19.1 Å². The van der Waals surface area contributed by atoms with Crippen molar-refractivity contribution in [2.45, 2.75) is 37.6 Å². The van der Waals surface area contributed by atoms with Crippen molar-refractivity contribution >= 4 is 33.4 Å². The van der Waals surface area contributed by atoms with Crippen LogP contribution >= 0.6 is 21.6 Å². The van der Waals surface area contributed by atoms with Crippen LogP contribution in [0, 0.1) is 16.7 Å². The van der Waals surface area contributed by atoms with Crippen LogP contribution in [0.25, 0.3) is 0 Å². The SMILES string of the molecule is CCCN(C)C(=O)[C@@]12C[C@](C)(C#N)[C@H](c3ccc4c(c3)OCO4)N1C(=O)CSS2. The molecule has 9 heteroatoms. The monoisotopic (exact) mass is 433 g/mol. The summed E-state index contributed by atoms with van der Waals surface area (Å²) in [6, 6.07) is 7.38. The Bertz CT molecular complexity index is 904. The topological polar surface area (TPSA) is 82.9 Å². The molecular weight excluding hydrogens is 410 g/mol. The Balaban J connectivity index is 1.83. The van der Waals surface area contributed by atoms with E-state index in [2.05, 4.69) is 6.07 Å². The Morgan fingerprint density at radius 3 is 2.90 bits per heavy atom. The molecule has 7 nitrogen and oxygen atoms in total. The number of rotatable bonds is 4. The largest absolute Gasteiger partial charge is 0.454 e. The summed E-state index contributed by atoms with van der Waals surface area (Å²) in [5, 5.41) is 10.1. The molecule has 29 heavy (non-hydrogen) atoms. The zero-order chi connectivity index (χ0) is 20.8. The highest BCUT2D eigenvalue weighted by Crippen LogP contribution is 2.63. The Kier molecular flexibility index (Phi) is 5.11. The van der Waals surface area contributed by atoms with Gasteiger partial charge in [-0.15, -0.1) is 0 Å². The predicted octanol–water partition coefficient (Wildman–Crippen LogP) is 3.18. The second kappa shape index (κ2) is 7.33. The number of ether oxygens (including phenoxy) is 2. The average molecular weight is 434 g/mol. The highest BCUT2D eigenvalue weighted by atomic mass is 33.1. The van der Waals surface area contributed by atoms with Crippen molar-refractivity contribution in [2.75, 3.05) is 26.1 Å². The molecule has 0 unspecified atom stereocenters. The van der Waals surface area contributed by atoms with E-state index in [-0.39, 0.29) is 30.8 Å². The van der Waals surface area contributed by atoms with E-state index in [1.165, 1.54) is 21.6 Å². The van der Waals surface area contributed by atoms with E-state index in [4.69, 9.17) is 9.47 Å². The van der Waals surface area contributed by atoms with Crippen LogP contribution in [-0.4, -0.2) is 52.6 Å². The van der Waals surface area contributed by atoms with E-state index in [9.17, 15) is 14.9 Å². The third kappa shape index (κ3) is 3.04. The third-order valence-corrected chi connectivity index (χ3v) is 8.52. The van der Waals surface area contributed by atoms with Crippen molar-refractivity contribution in [3.63, 3.8) is 0 Å². The molecule has 3 aliphatic rings. The summed E-state index contributed by atoms with van der Waals surface area (Å²) in [5.41, 5.74) is -0.128. The minimum absolute atomic E-state index is 0.116. The lowest BCUT2D eigenvalue weighted by atomic mass is 9.79. The van der Waals surface area contributed by atoms with Crippen molar-refractivity contribution in [2.24, 2.45) is 5.41 Å². The Hall–Kier alpha value is -2.05. The highest BCUT2D eigenvalue weighted by molar-refractivity contribution is 8.77. The lowest BCUT2D eigenvalue weighted by Gasteiger charge is -2.43. The molecule has 2 saturated heterocycles. The Morgan fingerprint density at radius 2 is 2.17 bits per heavy atom. The highest BCUT2D eigenvalue weighted by Gasteiger charge is 2.66. The number of hydrogen-bond acceptors (Lipinski definition) is 7. The number of carbonyl (C=O) groups excluding carboxylic acids is 2. The molecule has 0 aliphatic carbocycles. The van der Waals surface area contributed by atoms with Crippen LogP contribution in [0.15, 0.2) is 18.2 Å². The second-order valence-electron chi connectivity index (χ2n) is 7.84. The van der Waals surface area contributed by atoms with E-state index < -0.39 is 16.3 Å². The van der Waals surface area contributed by atoms with Gasteiger partial charge in [-0.3, -0.25) is 9.59 Å². The normalized spacial score (nSPS) is 30.1. The van der Waals surface area contributed by atoms with E-state index in [1.807, 2.05) is 26.0 Å². The number of fused-ring (bicyclic) bond motifs is 2. The van der Waals surface area contributed by atoms with Crippen LogP contribution in [0.4, 0.5) is 0 Å². The van der Waals surface area contributed by atoms with E-state index in [1.54, 1.807) is 22.9 Å². The van der Waals surface area contributed by atoms with Gasteiger partial charge in [-0.05, 0) is 31.0 Å². The summed E-state index contributed by atoms with van der Waals surface area (Å²) in [4.78, 5) is 29.0. The van der Waals surface area contributed by atoms with Crippen molar-refractivity contribution in [1.29, 1.82) is 5.26 Å². The van der Waals surface area contributed by atoms with Crippen LogP contribution in [-0.2, 0) is 9.59 Å². The smallest absolute Gasteiger partial charge is 0.259 e. The quantitative estimate of drug-likeness (QED) is 0.675. The van der Waals surface area contributed by atoms with Gasteiger partial charge in [0.25, 0.3) is 5.91 Å². The zero-order valence-corrected chi connectivity index (χ0v) is 18.3. The molecule has 0 aromatic heterocycles. The van der Waals surface area contributed by atoms with Crippen molar-refractivity contribution in [3.8, 4) is 17.6 Å². The predicted molar refractivity (Wildman–Crippen MR) is 111 cm³/mol. The summed E-state index contributed by atoms with van der Waals surface area (Å²) in [6.07, 6.45) is 1.11. The summed E-state index contributed by atoms with van der Waals surface area (Å²) in [5.74, 6) is 1.29. The van der Waals surface area contributed by atoms with Crippen LogP contribution in [0.2, 0.25) is 0 Å². The number of nitrogens with zero attached hydrogens (tertiary/aromatic N) is 3. The molecular formula is C20H23N3O4S2. The van der Waals surface area contributed by atoms with Gasteiger partial charge in [-0.2, -0.15) is 5.26 Å². The molecule has 1 aromatic carbocycles. The molecule has 0 bridgehead atoms. The van der Waals surface area contributed by atoms with Crippen LogP contribution < -0.4 is 9.47 Å². The molecule has 2 amide bonds. The van der Waals surface area contributed by atoms with Crippen molar-refractivity contribution in [1.82, 2.24) is 9.80 Å². The molecule has 0 saturated carbocycles. The minimum Gasteiger partial charge on any atom is -0.454 e. The van der Waals surface area contributed by atoms with Gasteiger partial charge in [0.1, 0.15) is 0 Å². The van der Waals surface area contributed by atoms with Crippen LogP contribution in [0.1, 0.15) is 38.3 Å². The number of likely N-dealkylation sites (N-methyl/N-ethyl adjacent to an activating group) is 1. The van der Waals surface area contributed by atoms with E-state index in [0.717, 1.165) is 12.0 Å². The first kappa shape index (κ1) is 20.2. The van der Waals surface area contributed by atoms with Gasteiger partial charge in [-0.1, -0.05) is 34.6 Å². The average Bonchev–Trinajstić information content (AvgIpc) is 3.28. The maximum absolute atomic E-state index is 13.5. The molecule has 0 spiro atoms. The zero-order valence-electron chi connectivity index (χ0n) is 16.6. The summed E-state index contributed by atoms with van der Waals surface area (Å²) in [6.45, 7) is 4.61. The van der Waals surface area contributed by atoms with Gasteiger partial charge in [0.2, 0.25) is 12.7 Å². The van der Waals surface area contributed by atoms with E-state index in [0.29, 0.717) is 18.0 Å². The lowest BCUT2D eigenvalue weighted by molar-refractivity contribution is -0.145. The van der Waals surface area contributed by atoms with Crippen LogP contribution in [0.3, 0.4) is 0 Å². The third-order valence-electron chi connectivity index (χ3n) is 5.71. The summed E-state index contributed by atoms with van der Waals surface area (Å²) < 4.78 is 10.9. The first-order valence-corrected chi connectivity index (χ1v) is 11.9. The number of hydrogen-bond donors (Lipinski definition) is 0.